The standard InChI is InChI=1S/C50H63N7O7S2.C42H56N6O5.C14H12N4O3S2.2CO2.ClH/c1-6-47(61)28-31-27-46(3,40-33(16-21-56(29-31)30-47)32-13-8-9-14-36(32)52-40)35-25-34-37(26-38(35)63-5)55(4)42-49(34)18-22-57-20-12-17-48(7-2,41(49)57)43(58)50(42,62)44(59)53-54-45(60)64-23-24-65-66-39-15-10-11-19-51-39;1-6-39(51)22-25-21-38(3,33-27(13-17-47(23-25)24-39)26-11-8-9-12-30(26)44-33)29-19-28-31(20-32(29)53-5)46(4)35-41(28)15-18-48-16-10-14-40(7-2,34(41)48)36(49)42(35,52)37(50)45-43;19-14(20-9-10-22-23-13-7-3-4-8-15-13)21-18-12-6-2-1-5-11(12)16-17-18;2*2-1-3;/h8-15,17,19,25-26,31,41-43,52,58,61-62H,6-7,16,18,20-24,27-30H2,1-5H3,(H,53,59)(H,54,60);8-12,14,19-20,25,34-36,44,49,51-52H,6-7,13,15-18,21-24,43H2,1-5H3,(H,45,50);1-8H,9-10H2;;;1H/t31?,41-,42+,43+,46+,47?,48+,49+,50+;25?,34-,35+,36+,38+,39?,40+,41+,42-;;;;/m00..../s1. The van der Waals surface area contributed by atoms with Crippen molar-refractivity contribution in [1.29, 1.82) is 0 Å². The van der Waals surface area contributed by atoms with Gasteiger partial charge in [-0.15, -0.1) is 5.10 Å². The fourth-order valence-electron chi connectivity index (χ4n) is 28.6. The molecule has 15 heterocycles. The number of para-hydroxylation sites is 3. The zero-order chi connectivity index (χ0) is 105. The SMILES string of the molecule is CCC1(O)CC2CN(CCc3c([nH]c4ccccc34)[C@@](C)(c3cc4c(cc3OC)N(C)[C@H]3[C@@](O)(C(=O)NN)[C@H](O)[C@]5(CC)C=CCN6CC[C@]43[C@@H]65)C2)C1.CCC1(O)CC2CN(CCc3c([nH]c4ccccc34)[C@@](C)(c3cc4c(cc3OC)N(C)[C@H]3[C@](O)(C(=O)NNC(=O)OCCSSc5ccccn5)[C@H](O)[C@]5(CC)C=CCN6CC[C@]43[C@@H]65)C2)C1.O=C(OCCSSc1cccc[nH+]1)On1nnc2ccccc21.O=C=O.O=C=O.[Cl-]. The number of carbonyl (C=O) groups excluding carboxylic acids is 8. The number of rotatable bonds is 21. The van der Waals surface area contributed by atoms with E-state index in [1.165, 1.54) is 49.2 Å². The number of halogens is 1. The number of nitrogens with two attached hydrogens (primary N) is 1. The molecule has 20 atom stereocenters. The number of anilines is 2. The molecule has 6 unspecified atom stereocenters. The van der Waals surface area contributed by atoms with Gasteiger partial charge in [-0.25, -0.2) is 30.8 Å². The van der Waals surface area contributed by atoms with E-state index in [9.17, 15) is 49.8 Å². The average molecular weight is 2140 g/mol. The van der Waals surface area contributed by atoms with E-state index in [0.717, 1.165) is 142 Å². The number of fused-ring (bicyclic) bond motifs is 13. The van der Waals surface area contributed by atoms with Crippen LogP contribution in [0.4, 0.5) is 21.0 Å². The number of carbonyl (C=O) groups is 4. The van der Waals surface area contributed by atoms with Crippen molar-refractivity contribution in [3.05, 3.63) is 215 Å². The Hall–Kier alpha value is -11.0. The maximum Gasteiger partial charge on any atom is 0.535 e. The van der Waals surface area contributed by atoms with E-state index < -0.39 is 103 Å². The topological polar surface area (TPSA) is 475 Å². The fourth-order valence-corrected chi connectivity index (χ4v) is 32.0. The van der Waals surface area contributed by atoms with Crippen LogP contribution in [0, 0.1) is 22.7 Å². The molecule has 3 amide bonds. The molecule has 2 aliphatic carbocycles. The van der Waals surface area contributed by atoms with E-state index in [4.69, 9.17) is 48.8 Å². The van der Waals surface area contributed by atoms with Crippen LogP contribution in [0.3, 0.4) is 0 Å². The quantitative estimate of drug-likeness (QED) is 0.00511. The van der Waals surface area contributed by atoms with Crippen LogP contribution in [-0.2, 0) is 72.7 Å². The summed E-state index contributed by atoms with van der Waals surface area (Å²) in [6.07, 6.45) is 16.1. The first-order chi connectivity index (χ1) is 71.3. The number of hydrogen-bond donors (Lipinski definition) is 12. The Morgan fingerprint density at radius 2 is 1.05 bits per heavy atom. The Kier molecular flexibility index (Phi) is 32.3. The van der Waals surface area contributed by atoms with Crippen LogP contribution < -0.4 is 63.6 Å². The summed E-state index contributed by atoms with van der Waals surface area (Å²) < 4.78 is 23.2. The highest BCUT2D eigenvalue weighted by Gasteiger charge is 2.81. The van der Waals surface area contributed by atoms with Crippen molar-refractivity contribution < 1.29 is 110 Å². The molecule has 2 saturated carbocycles. The number of nitrogens with zero attached hydrogens (tertiary/aromatic N) is 10. The normalized spacial score (nSPS) is 31.2. The third kappa shape index (κ3) is 18.9. The minimum absolute atomic E-state index is 0. The molecule has 149 heavy (non-hydrogen) atoms. The van der Waals surface area contributed by atoms with E-state index in [1.54, 1.807) is 54.1 Å². The van der Waals surface area contributed by atoms with Crippen molar-refractivity contribution >= 4 is 124 Å². The van der Waals surface area contributed by atoms with Crippen LogP contribution in [0.1, 0.15) is 151 Å². The van der Waals surface area contributed by atoms with Crippen LogP contribution in [-0.4, -0.2) is 294 Å². The summed E-state index contributed by atoms with van der Waals surface area (Å²) in [5.41, 5.74) is 10.5. The van der Waals surface area contributed by atoms with Gasteiger partial charge in [0.2, 0.25) is 5.03 Å². The summed E-state index contributed by atoms with van der Waals surface area (Å²) >= 11 is 0. The van der Waals surface area contributed by atoms with Gasteiger partial charge in [-0.3, -0.25) is 44.9 Å². The number of aromatic amines is 3. The number of nitrogens with one attached hydrogen (secondary N) is 6. The van der Waals surface area contributed by atoms with Crippen molar-refractivity contribution in [2.24, 2.45) is 28.5 Å². The molecule has 2 spiro atoms. The van der Waals surface area contributed by atoms with E-state index in [1.807, 2.05) is 98.5 Å². The molecule has 6 fully saturated rings. The molecule has 0 radical (unpaired) electrons. The molecule has 12 aliphatic rings. The summed E-state index contributed by atoms with van der Waals surface area (Å²) in [5.74, 6) is 7.10. The Morgan fingerprint density at radius 1 is 0.570 bits per heavy atom. The van der Waals surface area contributed by atoms with E-state index in [-0.39, 0.29) is 61.8 Å². The van der Waals surface area contributed by atoms with Crippen LogP contribution in [0.25, 0.3) is 32.8 Å². The number of aliphatic hydroxyl groups is 6. The van der Waals surface area contributed by atoms with Crippen LogP contribution in [0.15, 0.2) is 180 Å². The summed E-state index contributed by atoms with van der Waals surface area (Å²) in [6.45, 7) is 21.0. The van der Waals surface area contributed by atoms with Gasteiger partial charge in [-0.1, -0.05) is 133 Å². The third-order valence-corrected chi connectivity index (χ3v) is 38.9. The van der Waals surface area contributed by atoms with Gasteiger partial charge in [-0.05, 0) is 209 Å². The van der Waals surface area contributed by atoms with Crippen molar-refractivity contribution in [2.75, 3.05) is 128 Å². The largest absolute Gasteiger partial charge is 1.00 e. The van der Waals surface area contributed by atoms with Gasteiger partial charge in [0.1, 0.15) is 53.0 Å². The second-order valence-electron chi connectivity index (χ2n) is 41.8. The Morgan fingerprint density at radius 3 is 1.54 bits per heavy atom. The number of ether oxygens (including phenoxy) is 4. The third-order valence-electron chi connectivity index (χ3n) is 34.4. The first-order valence-corrected chi connectivity index (χ1v) is 55.4. The summed E-state index contributed by atoms with van der Waals surface area (Å²) in [6, 6.07) is 42.5. The molecule has 4 bridgehead atoms. The highest BCUT2D eigenvalue weighted by molar-refractivity contribution is 8.77. The predicted molar refractivity (Wildman–Crippen MR) is 559 cm³/mol. The minimum Gasteiger partial charge on any atom is -1.00 e. The maximum atomic E-state index is 14.9. The van der Waals surface area contributed by atoms with Gasteiger partial charge in [0.25, 0.3) is 11.8 Å². The molecule has 10 aliphatic heterocycles. The number of hydrazine groups is 2. The van der Waals surface area contributed by atoms with E-state index in [2.05, 4.69) is 185 Å². The number of pyridine rings is 2. The molecule has 794 valence electrons. The molecule has 36 nitrogen and oxygen atoms in total. The first-order valence-electron chi connectivity index (χ1n) is 50.8. The molecular formula is C108H132ClN17O19S4. The molecule has 14 N–H and O–H groups in total. The number of hydrogen-bond acceptors (Lipinski definition) is 33. The van der Waals surface area contributed by atoms with Crippen LogP contribution in [0.2, 0.25) is 0 Å². The number of likely N-dealkylation sites (N-methyl/N-ethyl adjacent to an activating group) is 2. The zero-order valence-corrected chi connectivity index (χ0v) is 89.2. The van der Waals surface area contributed by atoms with Gasteiger partial charge in [0.15, 0.2) is 17.4 Å². The lowest BCUT2D eigenvalue weighted by Gasteiger charge is -2.63. The van der Waals surface area contributed by atoms with E-state index >= 15 is 0 Å². The van der Waals surface area contributed by atoms with Crippen molar-refractivity contribution in [3.63, 3.8) is 0 Å². The number of aliphatic hydroxyl groups excluding tert-OH is 2. The van der Waals surface area contributed by atoms with Gasteiger partial charge in [0, 0.05) is 219 Å². The summed E-state index contributed by atoms with van der Waals surface area (Å²) in [7, 11) is 13.4. The van der Waals surface area contributed by atoms with Gasteiger partial charge >= 0.3 is 24.6 Å². The Balaban J connectivity index is 0.000000162. The molecule has 4 saturated heterocycles. The molecule has 5 aromatic heterocycles. The number of H-pyrrole nitrogens is 3. The fraction of sp³-hybridized carbons (Fsp3) is 0.500. The Bertz CT molecular complexity index is 6710. The first kappa shape index (κ1) is 109. The molecule has 10 aromatic rings. The van der Waals surface area contributed by atoms with Gasteiger partial charge in [0.05, 0.1) is 37.5 Å². The van der Waals surface area contributed by atoms with Crippen LogP contribution in [0.5, 0.6) is 11.5 Å². The number of methoxy groups -OCH3 is 2. The molecular weight excluding hydrogens is 2000 g/mol. The lowest BCUT2D eigenvalue weighted by Crippen LogP contribution is -3.00. The Labute approximate surface area is 886 Å². The lowest BCUT2D eigenvalue weighted by molar-refractivity contribution is -0.426. The monoisotopic (exact) mass is 2130 g/mol. The minimum atomic E-state index is -2.41. The summed E-state index contributed by atoms with van der Waals surface area (Å²) in [5, 5.41) is 87.1. The van der Waals surface area contributed by atoms with Gasteiger partial charge < -0.3 is 81.8 Å². The molecule has 22 rings (SSSR count). The second-order valence-corrected chi connectivity index (χ2v) is 46.7. The molecule has 41 heteroatoms. The number of piperidine rings is 2. The number of benzene rings is 5. The van der Waals surface area contributed by atoms with E-state index in [0.29, 0.717) is 99.4 Å². The van der Waals surface area contributed by atoms with Crippen LogP contribution >= 0.6 is 43.2 Å². The number of aromatic nitrogens is 7. The zero-order valence-electron chi connectivity index (χ0n) is 85.2. The smallest absolute Gasteiger partial charge is 0.535 e. The highest BCUT2D eigenvalue weighted by Crippen LogP contribution is 2.71. The second kappa shape index (κ2) is 44.0. The highest BCUT2D eigenvalue weighted by atomic mass is 35.5. The van der Waals surface area contributed by atoms with Crippen molar-refractivity contribution in [2.45, 2.75) is 209 Å². The average Bonchev–Trinajstić information content (AvgIpc) is 1.48. The number of amides is 3. The lowest BCUT2D eigenvalue weighted by atomic mass is 9.47. The van der Waals surface area contributed by atoms with Crippen molar-refractivity contribution in [3.8, 4) is 11.5 Å². The predicted octanol–water partition coefficient (Wildman–Crippen LogP) is 6.86. The van der Waals surface area contributed by atoms with Crippen molar-refractivity contribution in [1.82, 2.24) is 66.0 Å². The molecule has 5 aromatic carbocycles. The van der Waals surface area contributed by atoms with Gasteiger partial charge in [-0.2, -0.15) is 19.2 Å². The summed E-state index contributed by atoms with van der Waals surface area (Å²) in [4.78, 5) is 121. The maximum absolute atomic E-state index is 14.9.